The van der Waals surface area contributed by atoms with Crippen molar-refractivity contribution in [3.63, 3.8) is 0 Å². The molecule has 2 aromatic heterocycles. The predicted octanol–water partition coefficient (Wildman–Crippen LogP) is 2.81. The molecule has 146 valence electrons. The number of phenolic OH excluding ortho intramolecular Hbond substituents is 1. The lowest BCUT2D eigenvalue weighted by molar-refractivity contribution is 0.0225. The molecule has 3 heterocycles. The summed E-state index contributed by atoms with van der Waals surface area (Å²) < 4.78 is 21.0. The van der Waals surface area contributed by atoms with Crippen molar-refractivity contribution in [3.8, 4) is 28.1 Å². The van der Waals surface area contributed by atoms with Crippen LogP contribution in [0.2, 0.25) is 0 Å². The van der Waals surface area contributed by atoms with E-state index in [1.54, 1.807) is 40.0 Å². The number of aromatic hydroxyl groups is 1. The number of aromatic nitrogens is 4. The van der Waals surface area contributed by atoms with Gasteiger partial charge in [-0.2, -0.15) is 5.10 Å². The lowest BCUT2D eigenvalue weighted by Crippen LogP contribution is -2.45. The maximum Gasteiger partial charge on any atom is 0.151 e. The van der Waals surface area contributed by atoms with Crippen LogP contribution in [-0.4, -0.2) is 57.6 Å². The molecule has 0 bridgehead atoms. The van der Waals surface area contributed by atoms with Gasteiger partial charge in [0.1, 0.15) is 11.9 Å². The Morgan fingerprint density at radius 1 is 1.21 bits per heavy atom. The Morgan fingerprint density at radius 2 is 2.07 bits per heavy atom. The molecule has 0 unspecified atom stereocenters. The molecule has 1 fully saturated rings. The third-order valence-electron chi connectivity index (χ3n) is 5.07. The molecule has 8 heteroatoms. The van der Waals surface area contributed by atoms with Gasteiger partial charge in [-0.3, -0.25) is 4.68 Å². The molecule has 28 heavy (non-hydrogen) atoms. The van der Waals surface area contributed by atoms with Gasteiger partial charge in [-0.1, -0.05) is 6.07 Å². The monoisotopic (exact) mass is 383 g/mol. The highest BCUT2D eigenvalue weighted by atomic mass is 19.1. The zero-order valence-corrected chi connectivity index (χ0v) is 15.8. The molecule has 3 aromatic rings. The van der Waals surface area contributed by atoms with Crippen LogP contribution in [0.3, 0.4) is 0 Å². The zero-order chi connectivity index (χ0) is 19.7. The van der Waals surface area contributed by atoms with E-state index >= 15 is 0 Å². The molecular formula is C20H22FN5O2. The molecule has 1 aliphatic rings. The second-order valence-electron chi connectivity index (χ2n) is 6.97. The Balaban J connectivity index is 1.55. The van der Waals surface area contributed by atoms with E-state index in [1.165, 1.54) is 0 Å². The molecule has 0 radical (unpaired) electrons. The van der Waals surface area contributed by atoms with Gasteiger partial charge in [-0.05, 0) is 36.2 Å². The Bertz CT molecular complexity index is 959. The minimum atomic E-state index is -1.05. The number of aryl methyl sites for hydroxylation is 1. The summed E-state index contributed by atoms with van der Waals surface area (Å²) in [6.45, 7) is 0.649. The van der Waals surface area contributed by atoms with Gasteiger partial charge in [0.15, 0.2) is 5.82 Å². The van der Waals surface area contributed by atoms with E-state index in [2.05, 4.69) is 15.3 Å². The molecule has 1 aliphatic heterocycles. The molecule has 0 amide bonds. The lowest BCUT2D eigenvalue weighted by Gasteiger charge is -2.34. The highest BCUT2D eigenvalue weighted by Gasteiger charge is 2.29. The first-order valence-electron chi connectivity index (χ1n) is 9.13. The van der Waals surface area contributed by atoms with Crippen LogP contribution in [0.25, 0.3) is 22.4 Å². The van der Waals surface area contributed by atoms with E-state index in [9.17, 15) is 9.50 Å². The van der Waals surface area contributed by atoms with Crippen LogP contribution >= 0.6 is 0 Å². The van der Waals surface area contributed by atoms with E-state index in [1.807, 2.05) is 26.4 Å². The van der Waals surface area contributed by atoms with Crippen molar-refractivity contribution in [2.24, 2.45) is 7.05 Å². The molecular weight excluding hydrogens is 361 g/mol. The molecule has 0 saturated carbocycles. The van der Waals surface area contributed by atoms with Crippen molar-refractivity contribution in [1.82, 2.24) is 20.0 Å². The van der Waals surface area contributed by atoms with Crippen LogP contribution in [0.1, 0.15) is 6.42 Å². The smallest absolute Gasteiger partial charge is 0.151 e. The van der Waals surface area contributed by atoms with Gasteiger partial charge in [0, 0.05) is 38.0 Å². The van der Waals surface area contributed by atoms with E-state index in [-0.39, 0.29) is 18.4 Å². The summed E-state index contributed by atoms with van der Waals surface area (Å²) in [6, 6.07) is 8.69. The number of hydrogen-bond acceptors (Lipinski definition) is 6. The average molecular weight is 383 g/mol. The maximum absolute atomic E-state index is 14.1. The van der Waals surface area contributed by atoms with Gasteiger partial charge >= 0.3 is 0 Å². The van der Waals surface area contributed by atoms with Gasteiger partial charge in [-0.25, -0.2) is 4.39 Å². The summed E-state index contributed by atoms with van der Waals surface area (Å²) in [5.41, 5.74) is 2.93. The van der Waals surface area contributed by atoms with Crippen molar-refractivity contribution in [1.29, 1.82) is 0 Å². The first kappa shape index (κ1) is 18.4. The van der Waals surface area contributed by atoms with Gasteiger partial charge < -0.3 is 14.7 Å². The van der Waals surface area contributed by atoms with Crippen molar-refractivity contribution in [3.05, 3.63) is 42.7 Å². The van der Waals surface area contributed by atoms with Gasteiger partial charge in [0.2, 0.25) is 0 Å². The number of hydrogen-bond donors (Lipinski definition) is 1. The topological polar surface area (TPSA) is 76.3 Å². The number of halogens is 1. The maximum atomic E-state index is 14.1. The van der Waals surface area contributed by atoms with E-state index in [0.29, 0.717) is 30.1 Å². The summed E-state index contributed by atoms with van der Waals surface area (Å²) >= 11 is 0. The highest BCUT2D eigenvalue weighted by molar-refractivity contribution is 5.73. The third kappa shape index (κ3) is 3.55. The van der Waals surface area contributed by atoms with E-state index in [0.717, 1.165) is 11.1 Å². The Kier molecular flexibility index (Phi) is 4.95. The fourth-order valence-corrected chi connectivity index (χ4v) is 3.45. The lowest BCUT2D eigenvalue weighted by atomic mass is 10.0. The first-order chi connectivity index (χ1) is 13.5. The fraction of sp³-hybridized carbons (Fsp3) is 0.350. The number of nitrogens with zero attached hydrogens (tertiary/aromatic N) is 5. The van der Waals surface area contributed by atoms with Crippen molar-refractivity contribution < 1.29 is 14.2 Å². The number of alkyl halides is 1. The molecule has 1 aromatic carbocycles. The highest BCUT2D eigenvalue weighted by Crippen LogP contribution is 2.32. The summed E-state index contributed by atoms with van der Waals surface area (Å²) in [4.78, 5) is 1.80. The minimum Gasteiger partial charge on any atom is -0.507 e. The number of ether oxygens (including phenoxy) is 1. The van der Waals surface area contributed by atoms with Crippen molar-refractivity contribution >= 4 is 5.82 Å². The number of rotatable bonds is 4. The van der Waals surface area contributed by atoms with Crippen LogP contribution < -0.4 is 4.90 Å². The zero-order valence-electron chi connectivity index (χ0n) is 15.8. The molecule has 1 saturated heterocycles. The number of phenols is 1. The SMILES string of the molecule is CN(c1ccc(-c2ccc(-c3cnn(C)c3)cc2O)nn1)[C@H]1CCOC[C@H]1F. The van der Waals surface area contributed by atoms with Gasteiger partial charge in [0.25, 0.3) is 0 Å². The quantitative estimate of drug-likeness (QED) is 0.747. The molecule has 1 N–H and O–H groups in total. The van der Waals surface area contributed by atoms with Crippen LogP contribution in [0.5, 0.6) is 5.75 Å². The molecule has 7 nitrogen and oxygen atoms in total. The fourth-order valence-electron chi connectivity index (χ4n) is 3.45. The summed E-state index contributed by atoms with van der Waals surface area (Å²) in [5.74, 6) is 0.703. The largest absolute Gasteiger partial charge is 0.507 e. The van der Waals surface area contributed by atoms with Gasteiger partial charge in [-0.15, -0.1) is 10.2 Å². The second kappa shape index (κ2) is 7.55. The Morgan fingerprint density at radius 3 is 2.71 bits per heavy atom. The van der Waals surface area contributed by atoms with Crippen molar-refractivity contribution in [2.45, 2.75) is 18.6 Å². The molecule has 4 rings (SSSR count). The van der Waals surface area contributed by atoms with Crippen molar-refractivity contribution in [2.75, 3.05) is 25.2 Å². The number of benzene rings is 1. The van der Waals surface area contributed by atoms with Crippen LogP contribution in [0.15, 0.2) is 42.7 Å². The molecule has 2 atom stereocenters. The predicted molar refractivity (Wildman–Crippen MR) is 104 cm³/mol. The summed E-state index contributed by atoms with van der Waals surface area (Å²) in [5, 5.41) is 23.1. The molecule has 0 spiro atoms. The summed E-state index contributed by atoms with van der Waals surface area (Å²) in [7, 11) is 3.66. The van der Waals surface area contributed by atoms with E-state index < -0.39 is 6.17 Å². The Hall–Kier alpha value is -3.00. The first-order valence-corrected chi connectivity index (χ1v) is 9.13. The van der Waals surface area contributed by atoms with E-state index in [4.69, 9.17) is 4.74 Å². The van der Waals surface area contributed by atoms with Crippen LogP contribution in [0, 0.1) is 0 Å². The van der Waals surface area contributed by atoms with Crippen LogP contribution in [0.4, 0.5) is 10.2 Å². The second-order valence-corrected chi connectivity index (χ2v) is 6.97. The van der Waals surface area contributed by atoms with Crippen LogP contribution in [-0.2, 0) is 11.8 Å². The number of anilines is 1. The summed E-state index contributed by atoms with van der Waals surface area (Å²) in [6.07, 6.45) is 3.18. The molecule has 0 aliphatic carbocycles. The third-order valence-corrected chi connectivity index (χ3v) is 5.07. The standard InChI is InChI=1S/C20H22FN5O2/c1-25-11-14(10-22-25)13-3-4-15(19(27)9-13)17-5-6-20(24-23-17)26(2)18-7-8-28-12-16(18)21/h3-6,9-11,16,18,27H,7-8,12H2,1-2H3/t16-,18+/m1/s1. The Labute approximate surface area is 162 Å². The minimum absolute atomic E-state index is 0.109. The normalized spacial score (nSPS) is 19.5. The average Bonchev–Trinajstić information content (AvgIpc) is 3.14. The van der Waals surface area contributed by atoms with Gasteiger partial charge in [0.05, 0.1) is 24.5 Å².